The second-order valence-corrected chi connectivity index (χ2v) is 6.82. The first-order valence-electron chi connectivity index (χ1n) is 6.61. The zero-order chi connectivity index (χ0) is 10.4. The maximum Gasteiger partial charge on any atom is 0.305 e. The van der Waals surface area contributed by atoms with Crippen molar-refractivity contribution in [2.45, 2.75) is 25.2 Å². The first-order chi connectivity index (χ1) is 7.74. The van der Waals surface area contributed by atoms with E-state index in [9.17, 15) is 4.79 Å². The number of carbonyl (C=O) groups is 1. The molecule has 3 nitrogen and oxygen atoms in total. The average Bonchev–Trinajstić information content (AvgIpc) is 2.73. The molecular weight excluding hydrogens is 204 g/mol. The topological polar surface area (TPSA) is 35.5 Å². The number of hydrogen-bond acceptors (Lipinski definition) is 3. The van der Waals surface area contributed by atoms with Crippen molar-refractivity contribution in [3.63, 3.8) is 0 Å². The summed E-state index contributed by atoms with van der Waals surface area (Å²) in [7, 11) is 0. The highest BCUT2D eigenvalue weighted by Gasteiger charge is 2.94. The second kappa shape index (κ2) is 1.76. The first kappa shape index (κ1) is 7.70. The second-order valence-electron chi connectivity index (χ2n) is 6.82. The first-order valence-corrected chi connectivity index (χ1v) is 6.61. The van der Waals surface area contributed by atoms with Gasteiger partial charge in [-0.25, -0.2) is 0 Å². The number of carbonyl (C=O) groups excluding carboxylic acids is 1. The van der Waals surface area contributed by atoms with Crippen LogP contribution in [-0.4, -0.2) is 17.9 Å². The van der Waals surface area contributed by atoms with Crippen LogP contribution in [-0.2, 0) is 14.3 Å². The van der Waals surface area contributed by atoms with Crippen molar-refractivity contribution in [2.24, 2.45) is 47.3 Å². The average molecular weight is 218 g/mol. The van der Waals surface area contributed by atoms with Gasteiger partial charge in [0.15, 0.2) is 0 Å². The summed E-state index contributed by atoms with van der Waals surface area (Å²) in [5.74, 6) is 5.71. The lowest BCUT2D eigenvalue weighted by atomic mass is 9.59. The molecule has 3 heteroatoms. The Morgan fingerprint density at radius 3 is 2.88 bits per heavy atom. The third-order valence-electron chi connectivity index (χ3n) is 6.93. The summed E-state index contributed by atoms with van der Waals surface area (Å²) in [6, 6.07) is 0. The van der Waals surface area contributed by atoms with E-state index in [-0.39, 0.29) is 5.97 Å². The summed E-state index contributed by atoms with van der Waals surface area (Å²) in [5.41, 5.74) is 0. The Bertz CT molecular complexity index is 450. The van der Waals surface area contributed by atoms with Crippen LogP contribution in [0.25, 0.3) is 0 Å². The predicted molar refractivity (Wildman–Crippen MR) is 51.9 cm³/mol. The third-order valence-corrected chi connectivity index (χ3v) is 6.93. The van der Waals surface area contributed by atoms with Gasteiger partial charge in [0.2, 0.25) is 5.79 Å². The van der Waals surface area contributed by atoms with Gasteiger partial charge in [0.05, 0.1) is 6.10 Å². The van der Waals surface area contributed by atoms with Crippen LogP contribution in [0.2, 0.25) is 0 Å². The van der Waals surface area contributed by atoms with Crippen LogP contribution in [0.5, 0.6) is 0 Å². The highest BCUT2D eigenvalue weighted by molar-refractivity contribution is 5.67. The summed E-state index contributed by atoms with van der Waals surface area (Å²) < 4.78 is 11.9. The number of rotatable bonds is 1. The fourth-order valence-electron chi connectivity index (χ4n) is 7.31. The quantitative estimate of drug-likeness (QED) is 0.617. The van der Waals surface area contributed by atoms with E-state index in [1.165, 1.54) is 13.3 Å². The molecule has 0 N–H and O–H groups in total. The molecule has 10 atom stereocenters. The number of hydrogen-bond donors (Lipinski definition) is 0. The van der Waals surface area contributed by atoms with Gasteiger partial charge >= 0.3 is 5.97 Å². The van der Waals surface area contributed by atoms with E-state index < -0.39 is 5.79 Å². The van der Waals surface area contributed by atoms with E-state index >= 15 is 0 Å². The summed E-state index contributed by atoms with van der Waals surface area (Å²) in [4.78, 5) is 11.4. The van der Waals surface area contributed by atoms with Crippen LogP contribution in [0.3, 0.4) is 0 Å². The summed E-state index contributed by atoms with van der Waals surface area (Å²) in [5, 5.41) is 0. The van der Waals surface area contributed by atoms with Crippen molar-refractivity contribution in [1.82, 2.24) is 0 Å². The van der Waals surface area contributed by atoms with Crippen molar-refractivity contribution >= 4 is 5.97 Å². The maximum absolute atomic E-state index is 11.4. The van der Waals surface area contributed by atoms with Crippen molar-refractivity contribution < 1.29 is 14.3 Å². The van der Waals surface area contributed by atoms with Crippen LogP contribution in [0.15, 0.2) is 0 Å². The SMILES string of the molecule is CC(=O)OC12OC3C4C5CC(C6C5C3C61)C42. The van der Waals surface area contributed by atoms with Gasteiger partial charge in [-0.2, -0.15) is 0 Å². The molecule has 10 unspecified atom stereocenters. The molecule has 2 aliphatic heterocycles. The third kappa shape index (κ3) is 0.430. The Morgan fingerprint density at radius 1 is 1.19 bits per heavy atom. The Morgan fingerprint density at radius 2 is 2.06 bits per heavy atom. The van der Waals surface area contributed by atoms with Crippen LogP contribution in [0.1, 0.15) is 13.3 Å². The van der Waals surface area contributed by atoms with Crippen molar-refractivity contribution in [2.75, 3.05) is 0 Å². The van der Waals surface area contributed by atoms with E-state index in [4.69, 9.17) is 9.47 Å². The molecule has 16 heavy (non-hydrogen) atoms. The minimum absolute atomic E-state index is 0.145. The van der Waals surface area contributed by atoms with E-state index in [0.29, 0.717) is 17.9 Å². The van der Waals surface area contributed by atoms with Gasteiger partial charge in [-0.3, -0.25) is 4.79 Å². The molecule has 0 amide bonds. The van der Waals surface area contributed by atoms with Crippen molar-refractivity contribution in [3.05, 3.63) is 0 Å². The van der Waals surface area contributed by atoms with Gasteiger partial charge in [-0.1, -0.05) is 0 Å². The zero-order valence-corrected chi connectivity index (χ0v) is 9.13. The maximum atomic E-state index is 11.4. The fourth-order valence-corrected chi connectivity index (χ4v) is 7.31. The summed E-state index contributed by atoms with van der Waals surface area (Å²) >= 11 is 0. The van der Waals surface area contributed by atoms with Gasteiger partial charge < -0.3 is 9.47 Å². The smallest absolute Gasteiger partial charge is 0.305 e. The fraction of sp³-hybridized carbons (Fsp3) is 0.923. The van der Waals surface area contributed by atoms with Crippen LogP contribution < -0.4 is 0 Å². The molecule has 2 heterocycles. The molecule has 7 fully saturated rings. The lowest BCUT2D eigenvalue weighted by Gasteiger charge is -2.44. The molecular formula is C13H14O3. The normalized spacial score (nSPS) is 77.7. The number of ether oxygens (including phenoxy) is 2. The van der Waals surface area contributed by atoms with Gasteiger partial charge in [-0.15, -0.1) is 0 Å². The predicted octanol–water partition coefficient (Wildman–Crippen LogP) is 1.03. The van der Waals surface area contributed by atoms with Crippen LogP contribution in [0.4, 0.5) is 0 Å². The molecule has 0 spiro atoms. The van der Waals surface area contributed by atoms with Gasteiger partial charge in [0, 0.05) is 18.8 Å². The largest absolute Gasteiger partial charge is 0.433 e. The standard InChI is InChI=1S/C13H14O3/c1-3(14)15-13-10-5-2-4-6-7(5)11(13)9(6)12(16-13)8(4)10/h4-12H,2H2,1H3. The minimum Gasteiger partial charge on any atom is -0.433 e. The highest BCUT2D eigenvalue weighted by Crippen LogP contribution is 2.90. The Labute approximate surface area is 93.5 Å². The van der Waals surface area contributed by atoms with Crippen LogP contribution >= 0.6 is 0 Å². The van der Waals surface area contributed by atoms with Gasteiger partial charge in [0.25, 0.3) is 0 Å². The molecule has 7 rings (SSSR count). The van der Waals surface area contributed by atoms with E-state index in [2.05, 4.69) is 0 Å². The molecule has 2 saturated heterocycles. The Balaban J connectivity index is 1.62. The van der Waals surface area contributed by atoms with E-state index in [0.717, 1.165) is 35.5 Å². The van der Waals surface area contributed by atoms with E-state index in [1.807, 2.05) is 0 Å². The minimum atomic E-state index is -0.442. The molecule has 7 aliphatic rings. The summed E-state index contributed by atoms with van der Waals surface area (Å²) in [6.07, 6.45) is 1.88. The lowest BCUT2D eigenvalue weighted by molar-refractivity contribution is -0.228. The highest BCUT2D eigenvalue weighted by atomic mass is 16.7. The monoisotopic (exact) mass is 218 g/mol. The van der Waals surface area contributed by atoms with Gasteiger partial charge in [0.1, 0.15) is 0 Å². The Kier molecular flexibility index (Phi) is 0.848. The molecule has 0 aromatic carbocycles. The molecule has 4 bridgehead atoms. The molecule has 5 saturated carbocycles. The summed E-state index contributed by atoms with van der Waals surface area (Å²) in [6.45, 7) is 1.53. The molecule has 84 valence electrons. The molecule has 0 aromatic rings. The van der Waals surface area contributed by atoms with E-state index in [1.54, 1.807) is 0 Å². The number of esters is 1. The van der Waals surface area contributed by atoms with Crippen LogP contribution in [0, 0.1) is 47.3 Å². The van der Waals surface area contributed by atoms with Crippen molar-refractivity contribution in [3.8, 4) is 0 Å². The molecule has 5 aliphatic carbocycles. The van der Waals surface area contributed by atoms with Crippen molar-refractivity contribution in [1.29, 1.82) is 0 Å². The molecule has 0 radical (unpaired) electrons. The molecule has 0 aromatic heterocycles. The Hall–Kier alpha value is -0.570. The van der Waals surface area contributed by atoms with Gasteiger partial charge in [-0.05, 0) is 41.9 Å². The lowest BCUT2D eigenvalue weighted by Crippen LogP contribution is -2.50. The zero-order valence-electron chi connectivity index (χ0n) is 9.13.